The number of rotatable bonds is 3. The van der Waals surface area contributed by atoms with Crippen LogP contribution in [-0.4, -0.2) is 11.1 Å². The number of benzene rings is 2. The predicted molar refractivity (Wildman–Crippen MR) is 59.8 cm³/mol. The van der Waals surface area contributed by atoms with Gasteiger partial charge in [0.25, 0.3) is 0 Å². The van der Waals surface area contributed by atoms with Gasteiger partial charge >= 0.3 is 5.97 Å². The van der Waals surface area contributed by atoms with Crippen LogP contribution in [0, 0.1) is 17.5 Å². The first-order valence-electron chi connectivity index (χ1n) is 5.13. The molecule has 6 heteroatoms. The summed E-state index contributed by atoms with van der Waals surface area (Å²) >= 11 is 0. The Bertz CT molecular complexity index is 621. The summed E-state index contributed by atoms with van der Waals surface area (Å²) in [6.07, 6.45) is 0. The molecule has 0 heterocycles. The molecule has 3 nitrogen and oxygen atoms in total. The van der Waals surface area contributed by atoms with Crippen LogP contribution in [0.3, 0.4) is 0 Å². The Morgan fingerprint density at radius 1 is 1.05 bits per heavy atom. The van der Waals surface area contributed by atoms with Crippen LogP contribution in [0.5, 0.6) is 11.5 Å². The molecular weight excluding hydrogens is 261 g/mol. The van der Waals surface area contributed by atoms with Gasteiger partial charge in [-0.2, -0.15) is 0 Å². The van der Waals surface area contributed by atoms with Crippen molar-refractivity contribution in [1.82, 2.24) is 0 Å². The van der Waals surface area contributed by atoms with E-state index in [-0.39, 0.29) is 5.75 Å². The Morgan fingerprint density at radius 2 is 1.68 bits per heavy atom. The van der Waals surface area contributed by atoms with Crippen molar-refractivity contribution in [1.29, 1.82) is 0 Å². The SMILES string of the molecule is O=C(O)c1cccc(F)c1Oc1cc(F)cc(F)c1. The highest BCUT2D eigenvalue weighted by Crippen LogP contribution is 2.29. The maximum absolute atomic E-state index is 13.5. The summed E-state index contributed by atoms with van der Waals surface area (Å²) < 4.78 is 44.4. The van der Waals surface area contributed by atoms with E-state index in [9.17, 15) is 18.0 Å². The fourth-order valence-corrected chi connectivity index (χ4v) is 1.49. The minimum absolute atomic E-state index is 0.329. The van der Waals surface area contributed by atoms with Gasteiger partial charge in [-0.05, 0) is 12.1 Å². The van der Waals surface area contributed by atoms with Gasteiger partial charge in [0.2, 0.25) is 0 Å². The van der Waals surface area contributed by atoms with Crippen LogP contribution in [0.2, 0.25) is 0 Å². The van der Waals surface area contributed by atoms with Gasteiger partial charge in [0, 0.05) is 18.2 Å². The lowest BCUT2D eigenvalue weighted by Crippen LogP contribution is -2.02. The fourth-order valence-electron chi connectivity index (χ4n) is 1.49. The third kappa shape index (κ3) is 2.85. The van der Waals surface area contributed by atoms with E-state index in [1.165, 1.54) is 6.07 Å². The van der Waals surface area contributed by atoms with E-state index in [1.54, 1.807) is 0 Å². The zero-order valence-corrected chi connectivity index (χ0v) is 9.36. The van der Waals surface area contributed by atoms with Gasteiger partial charge in [0.15, 0.2) is 11.6 Å². The summed E-state index contributed by atoms with van der Waals surface area (Å²) in [4.78, 5) is 10.9. The molecule has 0 aliphatic heterocycles. The molecule has 19 heavy (non-hydrogen) atoms. The summed E-state index contributed by atoms with van der Waals surface area (Å²) in [5.41, 5.74) is -0.440. The second-order valence-electron chi connectivity index (χ2n) is 3.63. The van der Waals surface area contributed by atoms with Crippen LogP contribution in [0.4, 0.5) is 13.2 Å². The van der Waals surface area contributed by atoms with Crippen molar-refractivity contribution in [2.75, 3.05) is 0 Å². The third-order valence-corrected chi connectivity index (χ3v) is 2.25. The summed E-state index contributed by atoms with van der Waals surface area (Å²) in [5, 5.41) is 8.88. The van der Waals surface area contributed by atoms with Crippen molar-refractivity contribution < 1.29 is 27.8 Å². The summed E-state index contributed by atoms with van der Waals surface area (Å²) in [5.74, 6) is -5.10. The molecule has 0 spiro atoms. The lowest BCUT2D eigenvalue weighted by Gasteiger charge is -2.09. The van der Waals surface area contributed by atoms with Crippen LogP contribution in [0.1, 0.15) is 10.4 Å². The van der Waals surface area contributed by atoms with Crippen molar-refractivity contribution >= 4 is 5.97 Å². The molecule has 1 N–H and O–H groups in total. The van der Waals surface area contributed by atoms with Crippen molar-refractivity contribution in [3.63, 3.8) is 0 Å². The summed E-state index contributed by atoms with van der Waals surface area (Å²) in [7, 11) is 0. The van der Waals surface area contributed by atoms with Gasteiger partial charge in [-0.1, -0.05) is 6.07 Å². The Morgan fingerprint density at radius 3 is 2.26 bits per heavy atom. The monoisotopic (exact) mass is 268 g/mol. The second-order valence-corrected chi connectivity index (χ2v) is 3.63. The Kier molecular flexibility index (Phi) is 3.41. The first kappa shape index (κ1) is 12.9. The number of carboxylic acid groups (broad SMARTS) is 1. The van der Waals surface area contributed by atoms with E-state index in [4.69, 9.17) is 9.84 Å². The highest BCUT2D eigenvalue weighted by molar-refractivity contribution is 5.91. The summed E-state index contributed by atoms with van der Waals surface area (Å²) in [6, 6.07) is 5.56. The van der Waals surface area contributed by atoms with Crippen LogP contribution in [0.25, 0.3) is 0 Å². The molecule has 0 radical (unpaired) electrons. The molecule has 0 saturated carbocycles. The molecule has 0 unspecified atom stereocenters. The van der Waals surface area contributed by atoms with Gasteiger partial charge in [-0.3, -0.25) is 0 Å². The zero-order valence-electron chi connectivity index (χ0n) is 9.36. The van der Waals surface area contributed by atoms with Crippen molar-refractivity contribution in [3.05, 3.63) is 59.4 Å². The van der Waals surface area contributed by atoms with Crippen LogP contribution in [0.15, 0.2) is 36.4 Å². The number of para-hydroxylation sites is 1. The van der Waals surface area contributed by atoms with Crippen molar-refractivity contribution in [3.8, 4) is 11.5 Å². The van der Waals surface area contributed by atoms with Crippen molar-refractivity contribution in [2.45, 2.75) is 0 Å². The topological polar surface area (TPSA) is 46.5 Å². The zero-order chi connectivity index (χ0) is 14.0. The van der Waals surface area contributed by atoms with Gasteiger partial charge < -0.3 is 9.84 Å². The molecule has 2 aromatic carbocycles. The standard InChI is InChI=1S/C13H7F3O3/c14-7-4-8(15)6-9(5-7)19-12-10(13(17)18)2-1-3-11(12)16/h1-6H,(H,17,18). The minimum Gasteiger partial charge on any atom is -0.478 e. The number of hydrogen-bond donors (Lipinski definition) is 1. The number of carboxylic acids is 1. The molecule has 0 aromatic heterocycles. The van der Waals surface area contributed by atoms with Gasteiger partial charge in [-0.25, -0.2) is 18.0 Å². The lowest BCUT2D eigenvalue weighted by atomic mass is 10.2. The molecule has 0 saturated heterocycles. The highest BCUT2D eigenvalue weighted by atomic mass is 19.1. The van der Waals surface area contributed by atoms with Crippen molar-refractivity contribution in [2.24, 2.45) is 0 Å². The van der Waals surface area contributed by atoms with Gasteiger partial charge in [0.05, 0.1) is 0 Å². The molecular formula is C13H7F3O3. The highest BCUT2D eigenvalue weighted by Gasteiger charge is 2.17. The van der Waals surface area contributed by atoms with Crippen LogP contribution < -0.4 is 4.74 Å². The largest absolute Gasteiger partial charge is 0.478 e. The molecule has 0 fully saturated rings. The van der Waals surface area contributed by atoms with E-state index in [2.05, 4.69) is 0 Å². The van der Waals surface area contributed by atoms with E-state index in [1.807, 2.05) is 0 Å². The number of halogens is 3. The third-order valence-electron chi connectivity index (χ3n) is 2.25. The maximum Gasteiger partial charge on any atom is 0.339 e. The molecule has 2 rings (SSSR count). The smallest absolute Gasteiger partial charge is 0.339 e. The second kappa shape index (κ2) is 5.01. The molecule has 0 atom stereocenters. The van der Waals surface area contributed by atoms with E-state index < -0.39 is 34.7 Å². The quantitative estimate of drug-likeness (QED) is 0.925. The number of ether oxygens (including phenoxy) is 1. The average Bonchev–Trinajstić information content (AvgIpc) is 2.30. The molecule has 0 aliphatic rings. The molecule has 2 aromatic rings. The van der Waals surface area contributed by atoms with Crippen LogP contribution in [-0.2, 0) is 0 Å². The molecule has 0 bridgehead atoms. The van der Waals surface area contributed by atoms with E-state index >= 15 is 0 Å². The Balaban J connectivity index is 2.45. The number of aromatic carboxylic acids is 1. The first-order valence-corrected chi connectivity index (χ1v) is 5.13. The Labute approximate surface area is 105 Å². The predicted octanol–water partition coefficient (Wildman–Crippen LogP) is 3.59. The van der Waals surface area contributed by atoms with Gasteiger partial charge in [-0.15, -0.1) is 0 Å². The van der Waals surface area contributed by atoms with E-state index in [0.29, 0.717) is 6.07 Å². The van der Waals surface area contributed by atoms with E-state index in [0.717, 1.165) is 24.3 Å². The first-order chi connectivity index (χ1) is 8.97. The molecule has 0 amide bonds. The molecule has 98 valence electrons. The normalized spacial score (nSPS) is 10.3. The average molecular weight is 268 g/mol. The lowest BCUT2D eigenvalue weighted by molar-refractivity contribution is 0.0693. The fraction of sp³-hybridized carbons (Fsp3) is 0. The van der Waals surface area contributed by atoms with Crippen LogP contribution >= 0.6 is 0 Å². The van der Waals surface area contributed by atoms with Gasteiger partial charge in [0.1, 0.15) is 22.9 Å². The Hall–Kier alpha value is -2.50. The summed E-state index contributed by atoms with van der Waals surface area (Å²) in [6.45, 7) is 0. The number of hydrogen-bond acceptors (Lipinski definition) is 2. The molecule has 0 aliphatic carbocycles. The minimum atomic E-state index is -1.41. The number of carbonyl (C=O) groups is 1. The maximum atomic E-state index is 13.5.